The van der Waals surface area contributed by atoms with Gasteiger partial charge in [-0.2, -0.15) is 10.5 Å². The van der Waals surface area contributed by atoms with Crippen molar-refractivity contribution in [3.8, 4) is 12.1 Å². The van der Waals surface area contributed by atoms with Crippen LogP contribution in [0, 0.1) is 22.7 Å². The molecule has 1 aromatic heterocycles. The molecule has 0 spiro atoms. The molecule has 3 N–H and O–H groups in total. The largest absolute Gasteiger partial charge is 0.379 e. The molecule has 2 heterocycles. The van der Waals surface area contributed by atoms with E-state index >= 15 is 0 Å². The Bertz CT molecular complexity index is 1340. The Kier molecular flexibility index (Phi) is 9.15. The molecular formula is C23H25N7O4S. The Labute approximate surface area is 205 Å². The number of anilines is 2. The van der Waals surface area contributed by atoms with Crippen molar-refractivity contribution in [1.82, 2.24) is 14.8 Å². The molecule has 0 aliphatic carbocycles. The fraction of sp³-hybridized carbons (Fsp3) is 0.348. The second kappa shape index (κ2) is 12.5. The van der Waals surface area contributed by atoms with Crippen LogP contribution >= 0.6 is 11.3 Å². The second-order valence-corrected chi connectivity index (χ2v) is 8.49. The lowest BCUT2D eigenvalue weighted by atomic mass is 10.2. The molecule has 35 heavy (non-hydrogen) atoms. The lowest BCUT2D eigenvalue weighted by molar-refractivity contribution is -0.118. The van der Waals surface area contributed by atoms with E-state index in [1.807, 2.05) is 11.0 Å². The van der Waals surface area contributed by atoms with Gasteiger partial charge in [0.2, 0.25) is 5.91 Å². The van der Waals surface area contributed by atoms with E-state index < -0.39 is 5.91 Å². The Balaban J connectivity index is 1.80. The van der Waals surface area contributed by atoms with Crippen molar-refractivity contribution in [2.75, 3.05) is 50.0 Å². The number of nitriles is 2. The van der Waals surface area contributed by atoms with E-state index in [9.17, 15) is 19.6 Å². The predicted octanol–water partition coefficient (Wildman–Crippen LogP) is -0.635. The third-order valence-electron chi connectivity index (χ3n) is 5.09. The van der Waals surface area contributed by atoms with Crippen molar-refractivity contribution in [3.63, 3.8) is 0 Å². The summed E-state index contributed by atoms with van der Waals surface area (Å²) in [7, 11) is 0. The Morgan fingerprint density at radius 1 is 1.23 bits per heavy atom. The molecule has 0 bridgehead atoms. The highest BCUT2D eigenvalue weighted by molar-refractivity contribution is 7.07. The van der Waals surface area contributed by atoms with E-state index in [0.29, 0.717) is 42.2 Å². The first-order chi connectivity index (χ1) is 17.0. The molecule has 182 valence electrons. The summed E-state index contributed by atoms with van der Waals surface area (Å²) in [6, 6.07) is 10.7. The van der Waals surface area contributed by atoms with Gasteiger partial charge in [0.1, 0.15) is 21.8 Å². The molecular weight excluding hydrogens is 470 g/mol. The molecule has 0 unspecified atom stereocenters. The molecule has 11 nitrogen and oxygen atoms in total. The van der Waals surface area contributed by atoms with Gasteiger partial charge in [0.25, 0.3) is 11.5 Å². The van der Waals surface area contributed by atoms with Crippen LogP contribution in [-0.4, -0.2) is 60.7 Å². The van der Waals surface area contributed by atoms with Crippen molar-refractivity contribution < 1.29 is 14.3 Å². The standard InChI is InChI=1S/C23H25N7O4S/c1-2-30-22(33)19(35-23(30)18(13-25)21(32)26-7-6-24)14-27-16-4-3-5-17(12-16)28-20(31)15-29-8-10-34-11-9-29/h3-5,12,14,27H,2,7-11,15H2,1H3,(H,26,32)(H,28,31). The zero-order chi connectivity index (χ0) is 25.2. The van der Waals surface area contributed by atoms with Crippen molar-refractivity contribution in [2.24, 2.45) is 0 Å². The molecule has 1 aliphatic rings. The summed E-state index contributed by atoms with van der Waals surface area (Å²) in [6.07, 6.45) is 1.50. The number of hydrogen-bond donors (Lipinski definition) is 3. The monoisotopic (exact) mass is 495 g/mol. The summed E-state index contributed by atoms with van der Waals surface area (Å²) in [4.78, 5) is 39.5. The number of carbonyl (C=O) groups is 2. The third kappa shape index (κ3) is 6.77. The van der Waals surface area contributed by atoms with Crippen LogP contribution in [0.4, 0.5) is 11.4 Å². The minimum absolute atomic E-state index is 0.129. The lowest BCUT2D eigenvalue weighted by Gasteiger charge is -2.25. The fourth-order valence-corrected chi connectivity index (χ4v) is 4.48. The molecule has 1 saturated heterocycles. The van der Waals surface area contributed by atoms with Crippen LogP contribution in [0.25, 0.3) is 11.8 Å². The molecule has 2 aromatic rings. The maximum Gasteiger partial charge on any atom is 0.270 e. The lowest BCUT2D eigenvalue weighted by Crippen LogP contribution is -2.41. The summed E-state index contributed by atoms with van der Waals surface area (Å²) in [5, 5.41) is 26.4. The van der Waals surface area contributed by atoms with Crippen molar-refractivity contribution in [3.05, 3.63) is 43.8 Å². The van der Waals surface area contributed by atoms with Crippen LogP contribution in [0.15, 0.2) is 29.1 Å². The van der Waals surface area contributed by atoms with Gasteiger partial charge in [-0.3, -0.25) is 23.9 Å². The maximum absolute atomic E-state index is 12.8. The van der Waals surface area contributed by atoms with Gasteiger partial charge in [-0.05, 0) is 25.1 Å². The highest BCUT2D eigenvalue weighted by Gasteiger charge is 2.16. The molecule has 0 radical (unpaired) electrons. The Morgan fingerprint density at radius 2 is 1.97 bits per heavy atom. The SMILES string of the molecule is CCn1c(=C(C#N)C(=O)NCC#N)sc(=CNc2cccc(NC(=O)CN3CCOCC3)c2)c1=O. The molecule has 0 atom stereocenters. The first-order valence-corrected chi connectivity index (χ1v) is 11.7. The summed E-state index contributed by atoms with van der Waals surface area (Å²) < 4.78 is 7.14. The first kappa shape index (κ1) is 25.6. The average Bonchev–Trinajstić information content (AvgIpc) is 3.17. The number of hydrogen-bond acceptors (Lipinski definition) is 9. The number of rotatable bonds is 8. The average molecular weight is 496 g/mol. The van der Waals surface area contributed by atoms with Crippen LogP contribution in [0.2, 0.25) is 0 Å². The van der Waals surface area contributed by atoms with Gasteiger partial charge in [0, 0.05) is 37.2 Å². The molecule has 1 aromatic carbocycles. The molecule has 0 saturated carbocycles. The second-order valence-electron chi connectivity index (χ2n) is 7.45. The van der Waals surface area contributed by atoms with Crippen LogP contribution in [-0.2, 0) is 20.9 Å². The number of benzene rings is 1. The number of aromatic nitrogens is 1. The number of amides is 2. The Morgan fingerprint density at radius 3 is 2.66 bits per heavy atom. The predicted molar refractivity (Wildman–Crippen MR) is 132 cm³/mol. The van der Waals surface area contributed by atoms with Gasteiger partial charge in [-0.25, -0.2) is 0 Å². The minimum Gasteiger partial charge on any atom is -0.379 e. The molecule has 2 amide bonds. The van der Waals surface area contributed by atoms with Crippen molar-refractivity contribution in [2.45, 2.75) is 13.5 Å². The Hall–Kier alpha value is -3.97. The van der Waals surface area contributed by atoms with Gasteiger partial charge >= 0.3 is 0 Å². The third-order valence-corrected chi connectivity index (χ3v) is 6.22. The van der Waals surface area contributed by atoms with E-state index in [2.05, 4.69) is 16.0 Å². The highest BCUT2D eigenvalue weighted by Crippen LogP contribution is 2.15. The number of nitrogens with zero attached hydrogens (tertiary/aromatic N) is 4. The summed E-state index contributed by atoms with van der Waals surface area (Å²) >= 11 is 1.00. The van der Waals surface area contributed by atoms with E-state index in [4.69, 9.17) is 10.00 Å². The normalized spacial score (nSPS) is 15.0. The molecule has 3 rings (SSSR count). The van der Waals surface area contributed by atoms with Crippen molar-refractivity contribution in [1.29, 1.82) is 10.5 Å². The van der Waals surface area contributed by atoms with Gasteiger partial charge in [-0.15, -0.1) is 11.3 Å². The van der Waals surface area contributed by atoms with E-state index in [-0.39, 0.29) is 41.3 Å². The zero-order valence-electron chi connectivity index (χ0n) is 19.2. The number of ether oxygens (including phenoxy) is 1. The topological polar surface area (TPSA) is 152 Å². The number of carbonyl (C=O) groups excluding carboxylic acids is 2. The quantitative estimate of drug-likeness (QED) is 0.409. The van der Waals surface area contributed by atoms with Crippen LogP contribution in [0.3, 0.4) is 0 Å². The van der Waals surface area contributed by atoms with E-state index in [1.165, 1.54) is 10.8 Å². The minimum atomic E-state index is -0.711. The van der Waals surface area contributed by atoms with E-state index in [1.54, 1.807) is 37.3 Å². The summed E-state index contributed by atoms with van der Waals surface area (Å²) in [5.74, 6) is -0.839. The van der Waals surface area contributed by atoms with E-state index in [0.717, 1.165) is 11.3 Å². The number of morpholine rings is 1. The van der Waals surface area contributed by atoms with Gasteiger partial charge in [0.05, 0.1) is 25.8 Å². The highest BCUT2D eigenvalue weighted by atomic mass is 32.1. The van der Waals surface area contributed by atoms with Crippen LogP contribution in [0.5, 0.6) is 0 Å². The van der Waals surface area contributed by atoms with Crippen molar-refractivity contribution >= 4 is 46.3 Å². The van der Waals surface area contributed by atoms with Gasteiger partial charge < -0.3 is 20.7 Å². The number of thiazole rings is 1. The smallest absolute Gasteiger partial charge is 0.270 e. The van der Waals surface area contributed by atoms with Gasteiger partial charge in [0.15, 0.2) is 5.57 Å². The molecule has 1 aliphatic heterocycles. The first-order valence-electron chi connectivity index (χ1n) is 10.9. The van der Waals surface area contributed by atoms with Crippen LogP contribution in [0.1, 0.15) is 6.92 Å². The zero-order valence-corrected chi connectivity index (χ0v) is 20.0. The van der Waals surface area contributed by atoms with Crippen LogP contribution < -0.4 is 30.7 Å². The summed E-state index contributed by atoms with van der Waals surface area (Å²) in [6.45, 7) is 4.70. The fourth-order valence-electron chi connectivity index (χ4n) is 3.39. The molecule has 12 heteroatoms. The molecule has 1 fully saturated rings. The van der Waals surface area contributed by atoms with Gasteiger partial charge in [-0.1, -0.05) is 6.07 Å². The maximum atomic E-state index is 12.8. The summed E-state index contributed by atoms with van der Waals surface area (Å²) in [5.41, 5.74) is 0.668. The number of nitrogens with one attached hydrogen (secondary N) is 3.